The van der Waals surface area contributed by atoms with E-state index in [-0.39, 0.29) is 18.1 Å². The summed E-state index contributed by atoms with van der Waals surface area (Å²) in [6.45, 7) is 1.81. The Labute approximate surface area is 97.4 Å². The van der Waals surface area contributed by atoms with Gasteiger partial charge in [0.15, 0.2) is 11.5 Å². The molecule has 0 aliphatic rings. The van der Waals surface area contributed by atoms with Crippen molar-refractivity contribution in [3.63, 3.8) is 0 Å². The number of aromatic hydroxyl groups is 2. The number of esters is 2. The number of hydrogen-bond donors (Lipinski definition) is 2. The van der Waals surface area contributed by atoms with Gasteiger partial charge in [-0.2, -0.15) is 0 Å². The second kappa shape index (κ2) is 5.74. The minimum absolute atomic E-state index is 0.0367. The highest BCUT2D eigenvalue weighted by molar-refractivity contribution is 5.92. The molecule has 1 aromatic rings. The van der Waals surface area contributed by atoms with Crippen LogP contribution in [0.2, 0.25) is 0 Å². The smallest absolute Gasteiger partial charge is 0.322 e. The van der Waals surface area contributed by atoms with Crippen molar-refractivity contribution in [3.05, 3.63) is 18.2 Å². The Morgan fingerprint density at radius 1 is 1.18 bits per heavy atom. The maximum absolute atomic E-state index is 11.2. The number of rotatable bonds is 4. The number of benzene rings is 1. The van der Waals surface area contributed by atoms with E-state index in [1.807, 2.05) is 0 Å². The van der Waals surface area contributed by atoms with Gasteiger partial charge in [-0.05, 0) is 19.1 Å². The SMILES string of the molecule is CCOC(=O)CC(=O)Oc1ccc(O)c(O)c1. The summed E-state index contributed by atoms with van der Waals surface area (Å²) in [4.78, 5) is 22.2. The van der Waals surface area contributed by atoms with Crippen molar-refractivity contribution < 1.29 is 29.3 Å². The number of phenols is 2. The summed E-state index contributed by atoms with van der Waals surface area (Å²) in [5.74, 6) is -2.18. The van der Waals surface area contributed by atoms with Crippen LogP contribution in [0.25, 0.3) is 0 Å². The Morgan fingerprint density at radius 3 is 2.47 bits per heavy atom. The van der Waals surface area contributed by atoms with Crippen LogP contribution in [-0.2, 0) is 14.3 Å². The number of phenolic OH excluding ortho intramolecular Hbond substituents is 2. The van der Waals surface area contributed by atoms with Crippen LogP contribution in [0.4, 0.5) is 0 Å². The highest BCUT2D eigenvalue weighted by atomic mass is 16.6. The monoisotopic (exact) mass is 240 g/mol. The van der Waals surface area contributed by atoms with E-state index in [9.17, 15) is 9.59 Å². The molecule has 0 amide bonds. The first kappa shape index (κ1) is 12.8. The lowest BCUT2D eigenvalue weighted by molar-refractivity contribution is -0.149. The second-order valence-corrected chi connectivity index (χ2v) is 3.11. The fourth-order valence-corrected chi connectivity index (χ4v) is 1.06. The van der Waals surface area contributed by atoms with E-state index in [2.05, 4.69) is 4.74 Å². The molecule has 0 aliphatic heterocycles. The Morgan fingerprint density at radius 2 is 1.88 bits per heavy atom. The van der Waals surface area contributed by atoms with Gasteiger partial charge in [-0.1, -0.05) is 0 Å². The zero-order chi connectivity index (χ0) is 12.8. The normalized spacial score (nSPS) is 9.71. The van der Waals surface area contributed by atoms with Crippen molar-refractivity contribution >= 4 is 11.9 Å². The first-order valence-electron chi connectivity index (χ1n) is 4.91. The highest BCUT2D eigenvalue weighted by Gasteiger charge is 2.13. The van der Waals surface area contributed by atoms with Crippen LogP contribution in [0.5, 0.6) is 17.2 Å². The average Bonchev–Trinajstić information content (AvgIpc) is 2.23. The van der Waals surface area contributed by atoms with Crippen LogP contribution < -0.4 is 4.74 Å². The van der Waals surface area contributed by atoms with E-state index in [1.54, 1.807) is 6.92 Å². The fraction of sp³-hybridized carbons (Fsp3) is 0.273. The predicted molar refractivity (Wildman–Crippen MR) is 56.7 cm³/mol. The van der Waals surface area contributed by atoms with Crippen LogP contribution in [-0.4, -0.2) is 28.8 Å². The predicted octanol–water partition coefficient (Wildman–Crippen LogP) is 0.956. The molecule has 6 nitrogen and oxygen atoms in total. The molecule has 0 spiro atoms. The van der Waals surface area contributed by atoms with Gasteiger partial charge < -0.3 is 19.7 Å². The third-order valence-corrected chi connectivity index (χ3v) is 1.77. The summed E-state index contributed by atoms with van der Waals surface area (Å²) >= 11 is 0. The van der Waals surface area contributed by atoms with E-state index in [1.165, 1.54) is 12.1 Å². The van der Waals surface area contributed by atoms with E-state index in [0.717, 1.165) is 6.07 Å². The molecule has 1 aromatic carbocycles. The largest absolute Gasteiger partial charge is 0.504 e. The molecule has 0 unspecified atom stereocenters. The maximum atomic E-state index is 11.2. The minimum atomic E-state index is -0.798. The zero-order valence-electron chi connectivity index (χ0n) is 9.17. The molecule has 92 valence electrons. The number of hydrogen-bond acceptors (Lipinski definition) is 6. The van der Waals surface area contributed by atoms with Gasteiger partial charge in [0.05, 0.1) is 6.61 Å². The van der Waals surface area contributed by atoms with E-state index >= 15 is 0 Å². The molecule has 0 saturated heterocycles. The third-order valence-electron chi connectivity index (χ3n) is 1.77. The Kier molecular flexibility index (Phi) is 4.33. The molecule has 0 saturated carbocycles. The molecular formula is C11H12O6. The molecule has 0 aromatic heterocycles. The molecule has 0 heterocycles. The Hall–Kier alpha value is -2.24. The molecule has 0 atom stereocenters. The molecule has 0 bridgehead atoms. The van der Waals surface area contributed by atoms with Gasteiger partial charge >= 0.3 is 11.9 Å². The summed E-state index contributed by atoms with van der Waals surface area (Å²) in [5.41, 5.74) is 0. The molecule has 2 N–H and O–H groups in total. The van der Waals surface area contributed by atoms with Crippen molar-refractivity contribution in [2.45, 2.75) is 13.3 Å². The molecule has 0 fully saturated rings. The van der Waals surface area contributed by atoms with Gasteiger partial charge in [0.2, 0.25) is 0 Å². The van der Waals surface area contributed by atoms with E-state index in [4.69, 9.17) is 14.9 Å². The van der Waals surface area contributed by atoms with E-state index in [0.29, 0.717) is 0 Å². The van der Waals surface area contributed by atoms with Crippen molar-refractivity contribution in [3.8, 4) is 17.2 Å². The van der Waals surface area contributed by atoms with Gasteiger partial charge in [-0.3, -0.25) is 9.59 Å². The van der Waals surface area contributed by atoms with Crippen molar-refractivity contribution in [2.75, 3.05) is 6.61 Å². The van der Waals surface area contributed by atoms with Gasteiger partial charge in [0.1, 0.15) is 12.2 Å². The maximum Gasteiger partial charge on any atom is 0.322 e. The lowest BCUT2D eigenvalue weighted by Crippen LogP contribution is -2.15. The Balaban J connectivity index is 2.56. The van der Waals surface area contributed by atoms with Crippen molar-refractivity contribution in [1.82, 2.24) is 0 Å². The lowest BCUT2D eigenvalue weighted by Gasteiger charge is -2.05. The van der Waals surface area contributed by atoms with Gasteiger partial charge in [0.25, 0.3) is 0 Å². The number of carbonyl (C=O) groups is 2. The van der Waals surface area contributed by atoms with Crippen LogP contribution in [0, 0.1) is 0 Å². The second-order valence-electron chi connectivity index (χ2n) is 3.11. The first-order valence-corrected chi connectivity index (χ1v) is 4.91. The summed E-state index contributed by atoms with van der Waals surface area (Å²) in [7, 11) is 0. The van der Waals surface area contributed by atoms with Crippen LogP contribution in [0.1, 0.15) is 13.3 Å². The Bertz CT molecular complexity index is 426. The fourth-order valence-electron chi connectivity index (χ4n) is 1.06. The molecule has 1 rings (SSSR count). The van der Waals surface area contributed by atoms with E-state index < -0.39 is 24.1 Å². The molecular weight excluding hydrogens is 228 g/mol. The standard InChI is InChI=1S/C11H12O6/c1-2-16-10(14)6-11(15)17-7-3-4-8(12)9(13)5-7/h3-5,12-13H,2,6H2,1H3. The summed E-state index contributed by atoms with van der Waals surface area (Å²) in [6, 6.07) is 3.53. The summed E-state index contributed by atoms with van der Waals surface area (Å²) in [5, 5.41) is 18.2. The van der Waals surface area contributed by atoms with Crippen molar-refractivity contribution in [1.29, 1.82) is 0 Å². The van der Waals surface area contributed by atoms with Crippen LogP contribution >= 0.6 is 0 Å². The lowest BCUT2D eigenvalue weighted by atomic mass is 10.3. The van der Waals surface area contributed by atoms with Crippen LogP contribution in [0.3, 0.4) is 0 Å². The zero-order valence-corrected chi connectivity index (χ0v) is 9.17. The quantitative estimate of drug-likeness (QED) is 0.352. The molecule has 0 radical (unpaired) electrons. The van der Waals surface area contributed by atoms with Gasteiger partial charge in [0, 0.05) is 6.07 Å². The summed E-state index contributed by atoms with van der Waals surface area (Å²) < 4.78 is 9.32. The topological polar surface area (TPSA) is 93.1 Å². The number of ether oxygens (including phenoxy) is 2. The highest BCUT2D eigenvalue weighted by Crippen LogP contribution is 2.28. The van der Waals surface area contributed by atoms with Gasteiger partial charge in [-0.25, -0.2) is 0 Å². The summed E-state index contributed by atoms with van der Waals surface area (Å²) in [6.07, 6.45) is -0.504. The third kappa shape index (κ3) is 4.02. The number of carbonyl (C=O) groups excluding carboxylic acids is 2. The molecule has 17 heavy (non-hydrogen) atoms. The molecule has 6 heteroatoms. The minimum Gasteiger partial charge on any atom is -0.504 e. The first-order chi connectivity index (χ1) is 8.02. The van der Waals surface area contributed by atoms with Gasteiger partial charge in [-0.15, -0.1) is 0 Å². The van der Waals surface area contributed by atoms with Crippen LogP contribution in [0.15, 0.2) is 18.2 Å². The molecule has 0 aliphatic carbocycles. The average molecular weight is 240 g/mol. The van der Waals surface area contributed by atoms with Crippen molar-refractivity contribution in [2.24, 2.45) is 0 Å².